The monoisotopic (exact) mass is 268 g/mol. The summed E-state index contributed by atoms with van der Waals surface area (Å²) in [5.41, 5.74) is -0.0527. The highest BCUT2D eigenvalue weighted by Gasteiger charge is 2.31. The molecule has 0 radical (unpaired) electrons. The highest BCUT2D eigenvalue weighted by molar-refractivity contribution is 4.92. The molecule has 0 spiro atoms. The highest BCUT2D eigenvalue weighted by atomic mass is 16.3. The fourth-order valence-electron chi connectivity index (χ4n) is 3.23. The van der Waals surface area contributed by atoms with Crippen LogP contribution in [0.1, 0.15) is 58.8 Å². The van der Waals surface area contributed by atoms with Gasteiger partial charge in [-0.05, 0) is 71.0 Å². The summed E-state index contributed by atoms with van der Waals surface area (Å²) in [6, 6.07) is 0.678. The SMILES string of the molecule is CCC1CCN(CCCC(C)(CO)NC2CC2)CC1. The van der Waals surface area contributed by atoms with Gasteiger partial charge in [0.05, 0.1) is 6.61 Å². The van der Waals surface area contributed by atoms with Gasteiger partial charge in [0.15, 0.2) is 0 Å². The van der Waals surface area contributed by atoms with Crippen molar-refractivity contribution in [3.8, 4) is 0 Å². The summed E-state index contributed by atoms with van der Waals surface area (Å²) in [4.78, 5) is 2.61. The van der Waals surface area contributed by atoms with E-state index in [0.717, 1.165) is 12.3 Å². The van der Waals surface area contributed by atoms with Crippen molar-refractivity contribution in [3.63, 3.8) is 0 Å². The Morgan fingerprint density at radius 3 is 2.42 bits per heavy atom. The van der Waals surface area contributed by atoms with Crippen LogP contribution in [0, 0.1) is 5.92 Å². The van der Waals surface area contributed by atoms with Crippen LogP contribution in [0.2, 0.25) is 0 Å². The summed E-state index contributed by atoms with van der Waals surface area (Å²) in [6.45, 7) is 8.53. The molecular weight excluding hydrogens is 236 g/mol. The predicted octanol–water partition coefficient (Wildman–Crippen LogP) is 2.39. The summed E-state index contributed by atoms with van der Waals surface area (Å²) >= 11 is 0. The van der Waals surface area contributed by atoms with E-state index >= 15 is 0 Å². The first kappa shape index (κ1) is 15.3. The third-order valence-electron chi connectivity index (χ3n) is 4.97. The summed E-state index contributed by atoms with van der Waals surface area (Å²) in [5, 5.41) is 13.2. The van der Waals surface area contributed by atoms with Crippen LogP contribution in [0.25, 0.3) is 0 Å². The van der Waals surface area contributed by atoms with E-state index in [-0.39, 0.29) is 12.1 Å². The van der Waals surface area contributed by atoms with E-state index in [4.69, 9.17) is 0 Å². The van der Waals surface area contributed by atoms with Crippen molar-refractivity contribution in [2.45, 2.75) is 70.4 Å². The van der Waals surface area contributed by atoms with Crippen LogP contribution >= 0.6 is 0 Å². The maximum Gasteiger partial charge on any atom is 0.0610 e. The predicted molar refractivity (Wildman–Crippen MR) is 80.3 cm³/mol. The topological polar surface area (TPSA) is 35.5 Å². The molecule has 3 heteroatoms. The quantitative estimate of drug-likeness (QED) is 0.709. The van der Waals surface area contributed by atoms with Crippen LogP contribution in [0.4, 0.5) is 0 Å². The fourth-order valence-corrected chi connectivity index (χ4v) is 3.23. The van der Waals surface area contributed by atoms with Crippen molar-refractivity contribution in [3.05, 3.63) is 0 Å². The highest BCUT2D eigenvalue weighted by Crippen LogP contribution is 2.25. The number of piperidine rings is 1. The molecule has 1 atom stereocenters. The number of hydrogen-bond acceptors (Lipinski definition) is 3. The Kier molecular flexibility index (Phi) is 5.67. The number of nitrogens with one attached hydrogen (secondary N) is 1. The second kappa shape index (κ2) is 7.05. The third kappa shape index (κ3) is 5.05. The molecule has 1 aliphatic heterocycles. The van der Waals surface area contributed by atoms with Crippen LogP contribution in [0.15, 0.2) is 0 Å². The van der Waals surface area contributed by atoms with Gasteiger partial charge in [0.2, 0.25) is 0 Å². The van der Waals surface area contributed by atoms with E-state index in [1.807, 2.05) is 0 Å². The lowest BCUT2D eigenvalue weighted by atomic mass is 9.93. The molecule has 2 N–H and O–H groups in total. The van der Waals surface area contributed by atoms with Crippen LogP contribution < -0.4 is 5.32 Å². The number of likely N-dealkylation sites (tertiary alicyclic amines) is 1. The molecule has 1 saturated heterocycles. The van der Waals surface area contributed by atoms with Gasteiger partial charge in [-0.3, -0.25) is 0 Å². The maximum atomic E-state index is 9.59. The molecule has 0 aromatic heterocycles. The Morgan fingerprint density at radius 2 is 1.89 bits per heavy atom. The number of aliphatic hydroxyl groups is 1. The first-order valence-electron chi connectivity index (χ1n) is 8.26. The largest absolute Gasteiger partial charge is 0.394 e. The van der Waals surface area contributed by atoms with Crippen molar-refractivity contribution in [2.75, 3.05) is 26.2 Å². The van der Waals surface area contributed by atoms with Gasteiger partial charge in [-0.15, -0.1) is 0 Å². The van der Waals surface area contributed by atoms with Gasteiger partial charge in [-0.1, -0.05) is 13.3 Å². The first-order valence-corrected chi connectivity index (χ1v) is 8.26. The Morgan fingerprint density at radius 1 is 1.21 bits per heavy atom. The molecule has 1 aliphatic carbocycles. The zero-order valence-electron chi connectivity index (χ0n) is 12.8. The average molecular weight is 268 g/mol. The molecule has 1 heterocycles. The van der Waals surface area contributed by atoms with Gasteiger partial charge in [0.25, 0.3) is 0 Å². The molecule has 0 aromatic carbocycles. The Labute approximate surface area is 118 Å². The number of nitrogens with zero attached hydrogens (tertiary/aromatic N) is 1. The second-order valence-electron chi connectivity index (χ2n) is 6.93. The van der Waals surface area contributed by atoms with Crippen LogP contribution in [-0.2, 0) is 0 Å². The summed E-state index contributed by atoms with van der Waals surface area (Å²) in [7, 11) is 0. The van der Waals surface area contributed by atoms with Crippen LogP contribution in [0.5, 0.6) is 0 Å². The Hall–Kier alpha value is -0.120. The van der Waals surface area contributed by atoms with E-state index < -0.39 is 0 Å². The van der Waals surface area contributed by atoms with E-state index in [2.05, 4.69) is 24.1 Å². The van der Waals surface area contributed by atoms with Crippen LogP contribution in [0.3, 0.4) is 0 Å². The van der Waals surface area contributed by atoms with Crippen molar-refractivity contribution in [1.29, 1.82) is 0 Å². The zero-order valence-corrected chi connectivity index (χ0v) is 12.8. The molecule has 1 saturated carbocycles. The van der Waals surface area contributed by atoms with Crippen molar-refractivity contribution >= 4 is 0 Å². The van der Waals surface area contributed by atoms with Crippen molar-refractivity contribution in [2.24, 2.45) is 5.92 Å². The Bertz CT molecular complexity index is 259. The standard InChI is InChI=1S/C16H32N2O/c1-3-14-7-11-18(12-8-14)10-4-9-16(2,13-19)17-15-5-6-15/h14-15,17,19H,3-13H2,1-2H3. The minimum absolute atomic E-state index is 0.0527. The molecule has 0 amide bonds. The fraction of sp³-hybridized carbons (Fsp3) is 1.00. The number of hydrogen-bond donors (Lipinski definition) is 2. The van der Waals surface area contributed by atoms with E-state index in [9.17, 15) is 5.11 Å². The Balaban J connectivity index is 1.62. The summed E-state index contributed by atoms with van der Waals surface area (Å²) in [6.07, 6.45) is 8.99. The van der Waals surface area contributed by atoms with Crippen LogP contribution in [-0.4, -0.2) is 47.8 Å². The second-order valence-corrected chi connectivity index (χ2v) is 6.93. The summed E-state index contributed by atoms with van der Waals surface area (Å²) in [5.74, 6) is 0.968. The normalized spacial score (nSPS) is 25.4. The lowest BCUT2D eigenvalue weighted by molar-refractivity contribution is 0.143. The maximum absolute atomic E-state index is 9.59. The van der Waals surface area contributed by atoms with Gasteiger partial charge in [0.1, 0.15) is 0 Å². The molecule has 19 heavy (non-hydrogen) atoms. The van der Waals surface area contributed by atoms with Crippen molar-refractivity contribution < 1.29 is 5.11 Å². The molecule has 112 valence electrons. The number of aliphatic hydroxyl groups excluding tert-OH is 1. The molecule has 2 fully saturated rings. The van der Waals surface area contributed by atoms with Gasteiger partial charge in [-0.2, -0.15) is 0 Å². The van der Waals surface area contributed by atoms with Gasteiger partial charge < -0.3 is 15.3 Å². The molecule has 3 nitrogen and oxygen atoms in total. The zero-order chi connectivity index (χ0) is 13.7. The lowest BCUT2D eigenvalue weighted by Gasteiger charge is -2.33. The molecule has 1 unspecified atom stereocenters. The minimum Gasteiger partial charge on any atom is -0.394 e. The van der Waals surface area contributed by atoms with E-state index in [0.29, 0.717) is 6.04 Å². The molecular formula is C16H32N2O. The van der Waals surface area contributed by atoms with Crippen molar-refractivity contribution in [1.82, 2.24) is 10.2 Å². The molecule has 0 aromatic rings. The molecule has 2 aliphatic rings. The third-order valence-corrected chi connectivity index (χ3v) is 4.97. The smallest absolute Gasteiger partial charge is 0.0610 e. The van der Waals surface area contributed by atoms with Gasteiger partial charge in [-0.25, -0.2) is 0 Å². The molecule has 2 rings (SSSR count). The van der Waals surface area contributed by atoms with Gasteiger partial charge in [0, 0.05) is 11.6 Å². The van der Waals surface area contributed by atoms with E-state index in [1.165, 1.54) is 58.2 Å². The average Bonchev–Trinajstić information content (AvgIpc) is 3.23. The number of rotatable bonds is 8. The lowest BCUT2D eigenvalue weighted by Crippen LogP contribution is -2.47. The molecule has 0 bridgehead atoms. The first-order chi connectivity index (χ1) is 9.15. The van der Waals surface area contributed by atoms with E-state index in [1.54, 1.807) is 0 Å². The summed E-state index contributed by atoms with van der Waals surface area (Å²) < 4.78 is 0. The minimum atomic E-state index is -0.0527. The van der Waals surface area contributed by atoms with Gasteiger partial charge >= 0.3 is 0 Å².